The van der Waals surface area contributed by atoms with Gasteiger partial charge in [-0.15, -0.1) is 0 Å². The first-order valence-electron chi connectivity index (χ1n) is 3.99. The minimum Gasteiger partial charge on any atom is -0.511 e. The van der Waals surface area contributed by atoms with Crippen molar-refractivity contribution >= 4 is 5.78 Å². The lowest BCUT2D eigenvalue weighted by molar-refractivity contribution is -0.126. The minimum absolute atomic E-state index is 0.109. The second kappa shape index (κ2) is 2.59. The maximum atomic E-state index is 11.2. The highest BCUT2D eigenvalue weighted by molar-refractivity contribution is 5.99. The van der Waals surface area contributed by atoms with Crippen LogP contribution in [0.3, 0.4) is 0 Å². The normalized spacial score (nSPS) is 29.3. The van der Waals surface area contributed by atoms with Crippen molar-refractivity contribution in [3.8, 4) is 0 Å². The monoisotopic (exact) mass is 170 g/mol. The van der Waals surface area contributed by atoms with E-state index in [2.05, 4.69) is 0 Å². The predicted octanol–water partition coefficient (Wildman–Crippen LogP) is 1.18. The Morgan fingerprint density at radius 1 is 1.50 bits per heavy atom. The number of carbonyl (C=O) groups is 1. The third-order valence-corrected chi connectivity index (χ3v) is 2.37. The fourth-order valence-corrected chi connectivity index (χ4v) is 1.55. The SMILES string of the molecule is CC1=C(O)C(C)(C)C[C@@H](O)C1=O. The fraction of sp³-hybridized carbons (Fsp3) is 0.667. The third-order valence-electron chi connectivity index (χ3n) is 2.37. The molecule has 1 aliphatic rings. The summed E-state index contributed by atoms with van der Waals surface area (Å²) in [5, 5.41) is 18.8. The van der Waals surface area contributed by atoms with Gasteiger partial charge in [-0.25, -0.2) is 0 Å². The zero-order valence-electron chi connectivity index (χ0n) is 7.59. The molecular weight excluding hydrogens is 156 g/mol. The molecule has 3 heteroatoms. The van der Waals surface area contributed by atoms with Gasteiger partial charge in [0.2, 0.25) is 0 Å². The molecule has 3 nitrogen and oxygen atoms in total. The lowest BCUT2D eigenvalue weighted by atomic mass is 9.76. The van der Waals surface area contributed by atoms with Crippen LogP contribution in [-0.4, -0.2) is 22.1 Å². The number of aliphatic hydroxyl groups is 2. The highest BCUT2D eigenvalue weighted by Crippen LogP contribution is 2.36. The average molecular weight is 170 g/mol. The van der Waals surface area contributed by atoms with Crippen molar-refractivity contribution in [3.05, 3.63) is 11.3 Å². The molecule has 0 unspecified atom stereocenters. The second-order valence-corrected chi connectivity index (χ2v) is 3.94. The van der Waals surface area contributed by atoms with E-state index in [0.717, 1.165) is 0 Å². The number of carbonyl (C=O) groups excluding carboxylic acids is 1. The second-order valence-electron chi connectivity index (χ2n) is 3.94. The summed E-state index contributed by atoms with van der Waals surface area (Å²) in [5.74, 6) is -0.246. The van der Waals surface area contributed by atoms with Gasteiger partial charge in [-0.05, 0) is 13.3 Å². The van der Waals surface area contributed by atoms with Gasteiger partial charge in [0.15, 0.2) is 5.78 Å². The summed E-state index contributed by atoms with van der Waals surface area (Å²) < 4.78 is 0. The van der Waals surface area contributed by atoms with Gasteiger partial charge in [0.25, 0.3) is 0 Å². The fourth-order valence-electron chi connectivity index (χ4n) is 1.55. The molecule has 68 valence electrons. The highest BCUT2D eigenvalue weighted by atomic mass is 16.3. The molecule has 0 fully saturated rings. The van der Waals surface area contributed by atoms with Crippen molar-refractivity contribution in [3.63, 3.8) is 0 Å². The molecule has 0 aliphatic heterocycles. The van der Waals surface area contributed by atoms with Gasteiger partial charge in [-0.3, -0.25) is 4.79 Å². The molecule has 0 saturated carbocycles. The first-order chi connectivity index (χ1) is 5.36. The van der Waals surface area contributed by atoms with E-state index in [-0.39, 0.29) is 11.5 Å². The molecule has 0 heterocycles. The van der Waals surface area contributed by atoms with Crippen molar-refractivity contribution in [1.82, 2.24) is 0 Å². The topological polar surface area (TPSA) is 57.5 Å². The highest BCUT2D eigenvalue weighted by Gasteiger charge is 2.37. The number of allylic oxidation sites excluding steroid dienone is 1. The van der Waals surface area contributed by atoms with Crippen molar-refractivity contribution in [2.24, 2.45) is 5.41 Å². The van der Waals surface area contributed by atoms with Crippen LogP contribution in [-0.2, 0) is 4.79 Å². The van der Waals surface area contributed by atoms with Crippen LogP contribution in [0.1, 0.15) is 27.2 Å². The Hall–Kier alpha value is -0.830. The molecule has 0 aromatic heterocycles. The summed E-state index contributed by atoms with van der Waals surface area (Å²) in [6, 6.07) is 0. The molecule has 0 saturated heterocycles. The Labute approximate surface area is 71.7 Å². The summed E-state index contributed by atoms with van der Waals surface area (Å²) >= 11 is 0. The Bertz CT molecular complexity index is 250. The van der Waals surface area contributed by atoms with E-state index in [9.17, 15) is 15.0 Å². The summed E-state index contributed by atoms with van der Waals surface area (Å²) in [6.45, 7) is 5.16. The molecule has 0 radical (unpaired) electrons. The first kappa shape index (κ1) is 9.26. The van der Waals surface area contributed by atoms with Crippen LogP contribution >= 0.6 is 0 Å². The maximum absolute atomic E-state index is 11.2. The van der Waals surface area contributed by atoms with Gasteiger partial charge in [-0.1, -0.05) is 13.8 Å². The lowest BCUT2D eigenvalue weighted by Gasteiger charge is -2.32. The standard InChI is InChI=1S/C9H14O3/c1-5-7(11)6(10)4-9(2,3)8(5)12/h6,10,12H,4H2,1-3H3/t6-/m1/s1. The molecule has 12 heavy (non-hydrogen) atoms. The van der Waals surface area contributed by atoms with Crippen LogP contribution in [0.4, 0.5) is 0 Å². The van der Waals surface area contributed by atoms with Crippen molar-refractivity contribution in [2.75, 3.05) is 0 Å². The number of rotatable bonds is 0. The Kier molecular flexibility index (Phi) is 2.00. The van der Waals surface area contributed by atoms with Gasteiger partial charge in [-0.2, -0.15) is 0 Å². The van der Waals surface area contributed by atoms with Crippen LogP contribution in [0, 0.1) is 5.41 Å². The molecule has 1 aliphatic carbocycles. The molecule has 0 aromatic rings. The van der Waals surface area contributed by atoms with Crippen LogP contribution in [0.5, 0.6) is 0 Å². The van der Waals surface area contributed by atoms with Gasteiger partial charge < -0.3 is 10.2 Å². The Morgan fingerprint density at radius 3 is 2.50 bits per heavy atom. The number of Topliss-reactive ketones (excluding diaryl/α,β-unsaturated/α-hetero) is 1. The molecular formula is C9H14O3. The van der Waals surface area contributed by atoms with E-state index in [0.29, 0.717) is 12.0 Å². The van der Waals surface area contributed by atoms with E-state index in [1.54, 1.807) is 6.92 Å². The van der Waals surface area contributed by atoms with Crippen LogP contribution in [0.15, 0.2) is 11.3 Å². The van der Waals surface area contributed by atoms with Crippen LogP contribution < -0.4 is 0 Å². The van der Waals surface area contributed by atoms with E-state index in [1.165, 1.54) is 0 Å². The van der Waals surface area contributed by atoms with Gasteiger partial charge in [0.05, 0.1) is 0 Å². The third kappa shape index (κ3) is 1.25. The van der Waals surface area contributed by atoms with E-state index in [1.807, 2.05) is 13.8 Å². The van der Waals surface area contributed by atoms with Gasteiger partial charge in [0.1, 0.15) is 11.9 Å². The number of ketones is 1. The van der Waals surface area contributed by atoms with Crippen molar-refractivity contribution in [1.29, 1.82) is 0 Å². The number of hydrogen-bond acceptors (Lipinski definition) is 3. The summed E-state index contributed by atoms with van der Waals surface area (Å²) in [4.78, 5) is 11.2. The molecule has 2 N–H and O–H groups in total. The zero-order chi connectivity index (χ0) is 9.52. The lowest BCUT2D eigenvalue weighted by Crippen LogP contribution is -2.36. The van der Waals surface area contributed by atoms with E-state index < -0.39 is 11.5 Å². The minimum atomic E-state index is -0.948. The summed E-state index contributed by atoms with van der Waals surface area (Å²) in [7, 11) is 0. The van der Waals surface area contributed by atoms with Gasteiger partial charge >= 0.3 is 0 Å². The molecule has 1 atom stereocenters. The van der Waals surface area contributed by atoms with E-state index >= 15 is 0 Å². The summed E-state index contributed by atoms with van der Waals surface area (Å²) in [5.41, 5.74) is -0.184. The Morgan fingerprint density at radius 2 is 2.00 bits per heavy atom. The first-order valence-corrected chi connectivity index (χ1v) is 3.99. The number of aliphatic hydroxyl groups excluding tert-OH is 2. The number of hydrogen-bond donors (Lipinski definition) is 2. The van der Waals surface area contributed by atoms with Crippen LogP contribution in [0.2, 0.25) is 0 Å². The molecule has 0 bridgehead atoms. The average Bonchev–Trinajstić information content (AvgIpc) is 1.97. The van der Waals surface area contributed by atoms with Crippen LogP contribution in [0.25, 0.3) is 0 Å². The summed E-state index contributed by atoms with van der Waals surface area (Å²) in [6.07, 6.45) is -0.648. The zero-order valence-corrected chi connectivity index (χ0v) is 7.59. The molecule has 1 rings (SSSR count). The molecule has 0 amide bonds. The molecule has 0 aromatic carbocycles. The van der Waals surface area contributed by atoms with Gasteiger partial charge in [0, 0.05) is 11.0 Å². The largest absolute Gasteiger partial charge is 0.511 e. The maximum Gasteiger partial charge on any atom is 0.190 e. The predicted molar refractivity (Wildman–Crippen MR) is 44.7 cm³/mol. The smallest absolute Gasteiger partial charge is 0.190 e. The van der Waals surface area contributed by atoms with E-state index in [4.69, 9.17) is 0 Å². The quantitative estimate of drug-likeness (QED) is 0.574. The van der Waals surface area contributed by atoms with Crippen molar-refractivity contribution < 1.29 is 15.0 Å². The molecule has 0 spiro atoms. The Balaban J connectivity index is 3.13. The van der Waals surface area contributed by atoms with Crippen molar-refractivity contribution in [2.45, 2.75) is 33.3 Å².